The lowest BCUT2D eigenvalue weighted by Crippen LogP contribution is -2.48. The second-order valence-electron chi connectivity index (χ2n) is 6.81. The first-order valence-electron chi connectivity index (χ1n) is 8.61. The number of rotatable bonds is 5. The number of nitrogens with one attached hydrogen (secondary N) is 1. The van der Waals surface area contributed by atoms with Crippen molar-refractivity contribution >= 4 is 23.2 Å². The molecular weight excluding hydrogens is 336 g/mol. The van der Waals surface area contributed by atoms with E-state index in [9.17, 15) is 4.79 Å². The third-order valence-electron chi connectivity index (χ3n) is 5.05. The highest BCUT2D eigenvalue weighted by molar-refractivity contribution is 6.29. The van der Waals surface area contributed by atoms with Crippen LogP contribution >= 0.6 is 11.6 Å². The maximum atomic E-state index is 12.3. The fourth-order valence-corrected chi connectivity index (χ4v) is 3.97. The molecule has 2 atom stereocenters. The number of hydrogen-bond acceptors (Lipinski definition) is 4. The summed E-state index contributed by atoms with van der Waals surface area (Å²) in [5.74, 6) is 0.0622. The molecule has 2 aromatic rings. The predicted molar refractivity (Wildman–Crippen MR) is 98.5 cm³/mol. The Labute approximate surface area is 152 Å². The Hall–Kier alpha value is -1.95. The second kappa shape index (κ2) is 7.12. The van der Waals surface area contributed by atoms with Crippen LogP contribution in [-0.4, -0.2) is 52.4 Å². The molecule has 1 aromatic carbocycles. The van der Waals surface area contributed by atoms with Crippen molar-refractivity contribution in [1.82, 2.24) is 14.8 Å². The first kappa shape index (κ1) is 16.5. The van der Waals surface area contributed by atoms with E-state index < -0.39 is 0 Å². The largest absolute Gasteiger partial charge is 0.325 e. The summed E-state index contributed by atoms with van der Waals surface area (Å²) in [5.41, 5.74) is 2.04. The van der Waals surface area contributed by atoms with E-state index in [1.807, 2.05) is 48.7 Å². The molecule has 4 rings (SSSR count). The van der Waals surface area contributed by atoms with Gasteiger partial charge in [0.1, 0.15) is 5.15 Å². The zero-order valence-electron chi connectivity index (χ0n) is 13.9. The van der Waals surface area contributed by atoms with Gasteiger partial charge in [0.25, 0.3) is 0 Å². The minimum atomic E-state index is 0.0622. The van der Waals surface area contributed by atoms with Crippen LogP contribution in [0.2, 0.25) is 5.15 Å². The summed E-state index contributed by atoms with van der Waals surface area (Å²) >= 11 is 5.85. The molecule has 130 valence electrons. The summed E-state index contributed by atoms with van der Waals surface area (Å²) in [4.78, 5) is 21.2. The number of fused-ring (bicyclic) bond motifs is 2. The van der Waals surface area contributed by atoms with Gasteiger partial charge >= 0.3 is 0 Å². The number of amides is 1. The number of benzene rings is 1. The van der Waals surface area contributed by atoms with E-state index in [4.69, 9.17) is 11.6 Å². The second-order valence-corrected chi connectivity index (χ2v) is 7.19. The Bertz CT molecular complexity index is 737. The molecule has 2 fully saturated rings. The standard InChI is InChI=1S/C19H21ClN4O/c20-18-7-6-14(9-21-18)10-23-11-17-8-16(23)12-24(17)13-19(25)22-15-4-2-1-3-5-15/h1-7,9,16-17H,8,10-13H2,(H,22,25). The van der Waals surface area contributed by atoms with Gasteiger partial charge in [-0.25, -0.2) is 4.98 Å². The molecule has 1 aromatic heterocycles. The summed E-state index contributed by atoms with van der Waals surface area (Å²) in [6, 6.07) is 14.5. The van der Waals surface area contributed by atoms with Crippen LogP contribution in [0.15, 0.2) is 48.7 Å². The number of halogens is 1. The quantitative estimate of drug-likeness (QED) is 0.837. The summed E-state index contributed by atoms with van der Waals surface area (Å²) in [6.45, 7) is 3.32. The van der Waals surface area contributed by atoms with Crippen LogP contribution < -0.4 is 5.32 Å². The monoisotopic (exact) mass is 356 g/mol. The van der Waals surface area contributed by atoms with E-state index in [0.717, 1.165) is 31.7 Å². The van der Waals surface area contributed by atoms with Crippen molar-refractivity contribution < 1.29 is 4.79 Å². The van der Waals surface area contributed by atoms with E-state index in [1.54, 1.807) is 0 Å². The average molecular weight is 357 g/mol. The van der Waals surface area contributed by atoms with Crippen molar-refractivity contribution in [3.63, 3.8) is 0 Å². The van der Waals surface area contributed by atoms with E-state index in [1.165, 1.54) is 5.56 Å². The zero-order valence-corrected chi connectivity index (χ0v) is 14.7. The molecule has 0 spiro atoms. The van der Waals surface area contributed by atoms with E-state index >= 15 is 0 Å². The van der Waals surface area contributed by atoms with Crippen LogP contribution in [0.3, 0.4) is 0 Å². The lowest BCUT2D eigenvalue weighted by atomic mass is 10.2. The minimum Gasteiger partial charge on any atom is -0.325 e. The Kier molecular flexibility index (Phi) is 4.70. The van der Waals surface area contributed by atoms with E-state index in [0.29, 0.717) is 23.8 Å². The van der Waals surface area contributed by atoms with Crippen molar-refractivity contribution in [2.45, 2.75) is 25.0 Å². The highest BCUT2D eigenvalue weighted by Crippen LogP contribution is 2.31. The van der Waals surface area contributed by atoms with Crippen molar-refractivity contribution in [1.29, 1.82) is 0 Å². The van der Waals surface area contributed by atoms with Gasteiger partial charge in [0, 0.05) is 43.6 Å². The molecule has 2 aliphatic heterocycles. The van der Waals surface area contributed by atoms with Gasteiger partial charge < -0.3 is 5.32 Å². The number of pyridine rings is 1. The van der Waals surface area contributed by atoms with Gasteiger partial charge in [0.05, 0.1) is 6.54 Å². The number of likely N-dealkylation sites (tertiary alicyclic amines) is 2. The summed E-state index contributed by atoms with van der Waals surface area (Å²) < 4.78 is 0. The van der Waals surface area contributed by atoms with Gasteiger partial charge in [0.15, 0.2) is 0 Å². The van der Waals surface area contributed by atoms with Crippen molar-refractivity contribution in [3.05, 3.63) is 59.4 Å². The smallest absolute Gasteiger partial charge is 0.238 e. The molecule has 3 heterocycles. The number of para-hydroxylation sites is 1. The fraction of sp³-hybridized carbons (Fsp3) is 0.368. The third-order valence-corrected chi connectivity index (χ3v) is 5.27. The Morgan fingerprint density at radius 1 is 1.12 bits per heavy atom. The van der Waals surface area contributed by atoms with E-state index in [-0.39, 0.29) is 5.91 Å². The Morgan fingerprint density at radius 3 is 2.56 bits per heavy atom. The molecule has 6 heteroatoms. The van der Waals surface area contributed by atoms with Gasteiger partial charge in [0.2, 0.25) is 5.91 Å². The van der Waals surface area contributed by atoms with Gasteiger partial charge in [-0.2, -0.15) is 0 Å². The SMILES string of the molecule is O=C(CN1CC2CC1CN2Cc1ccc(Cl)nc1)Nc1ccccc1. The van der Waals surface area contributed by atoms with Crippen LogP contribution in [0, 0.1) is 0 Å². The lowest BCUT2D eigenvalue weighted by Gasteiger charge is -2.33. The number of carbonyl (C=O) groups is 1. The Balaban J connectivity index is 1.29. The van der Waals surface area contributed by atoms with Gasteiger partial charge in [-0.05, 0) is 30.2 Å². The number of hydrogen-bond donors (Lipinski definition) is 1. The maximum Gasteiger partial charge on any atom is 0.238 e. The zero-order chi connectivity index (χ0) is 17.2. The molecule has 2 aliphatic rings. The van der Waals surface area contributed by atoms with Crippen molar-refractivity contribution in [3.8, 4) is 0 Å². The van der Waals surface area contributed by atoms with Crippen LogP contribution in [-0.2, 0) is 11.3 Å². The molecule has 2 unspecified atom stereocenters. The number of carbonyl (C=O) groups excluding carboxylic acids is 1. The molecular formula is C19H21ClN4O. The molecule has 0 saturated carbocycles. The van der Waals surface area contributed by atoms with Crippen molar-refractivity contribution in [2.75, 3.05) is 25.0 Å². The number of aromatic nitrogens is 1. The number of anilines is 1. The number of nitrogens with zero attached hydrogens (tertiary/aromatic N) is 3. The fourth-order valence-electron chi connectivity index (χ4n) is 3.86. The minimum absolute atomic E-state index is 0.0622. The molecule has 5 nitrogen and oxygen atoms in total. The predicted octanol–water partition coefficient (Wildman–Crippen LogP) is 2.63. The highest BCUT2D eigenvalue weighted by atomic mass is 35.5. The average Bonchev–Trinajstić information content (AvgIpc) is 3.17. The van der Waals surface area contributed by atoms with Crippen LogP contribution in [0.4, 0.5) is 5.69 Å². The number of piperazine rings is 1. The Morgan fingerprint density at radius 2 is 1.88 bits per heavy atom. The first-order valence-corrected chi connectivity index (χ1v) is 8.98. The molecule has 1 N–H and O–H groups in total. The lowest BCUT2D eigenvalue weighted by molar-refractivity contribution is -0.117. The molecule has 0 aliphatic carbocycles. The van der Waals surface area contributed by atoms with Crippen LogP contribution in [0.5, 0.6) is 0 Å². The third kappa shape index (κ3) is 3.84. The normalized spacial score (nSPS) is 23.1. The molecule has 25 heavy (non-hydrogen) atoms. The highest BCUT2D eigenvalue weighted by Gasteiger charge is 2.43. The van der Waals surface area contributed by atoms with Crippen LogP contribution in [0.1, 0.15) is 12.0 Å². The maximum absolute atomic E-state index is 12.3. The van der Waals surface area contributed by atoms with Crippen molar-refractivity contribution in [2.24, 2.45) is 0 Å². The summed E-state index contributed by atoms with van der Waals surface area (Å²) in [7, 11) is 0. The summed E-state index contributed by atoms with van der Waals surface area (Å²) in [5, 5.41) is 3.50. The van der Waals surface area contributed by atoms with Gasteiger partial charge in [-0.1, -0.05) is 35.9 Å². The molecule has 1 amide bonds. The molecule has 2 saturated heterocycles. The van der Waals surface area contributed by atoms with Gasteiger partial charge in [-0.15, -0.1) is 0 Å². The molecule has 0 radical (unpaired) electrons. The van der Waals surface area contributed by atoms with E-state index in [2.05, 4.69) is 20.1 Å². The van der Waals surface area contributed by atoms with Crippen LogP contribution in [0.25, 0.3) is 0 Å². The molecule has 2 bridgehead atoms. The summed E-state index contributed by atoms with van der Waals surface area (Å²) in [6.07, 6.45) is 2.99. The van der Waals surface area contributed by atoms with Gasteiger partial charge in [-0.3, -0.25) is 14.6 Å². The first-order chi connectivity index (χ1) is 12.2. The topological polar surface area (TPSA) is 48.5 Å².